The van der Waals surface area contributed by atoms with Crippen molar-refractivity contribution in [3.8, 4) is 11.1 Å². The zero-order valence-electron chi connectivity index (χ0n) is 25.2. The summed E-state index contributed by atoms with van der Waals surface area (Å²) < 4.78 is 4.85. The quantitative estimate of drug-likeness (QED) is 0.330. The van der Waals surface area contributed by atoms with E-state index in [4.69, 9.17) is 10.5 Å². The Labute approximate surface area is 243 Å². The fourth-order valence-electron chi connectivity index (χ4n) is 5.89. The molecular weight excluding hydrogens is 514 g/mol. The fourth-order valence-corrected chi connectivity index (χ4v) is 5.89. The van der Waals surface area contributed by atoms with Gasteiger partial charge in [0.2, 0.25) is 0 Å². The van der Waals surface area contributed by atoms with Crippen LogP contribution < -0.4 is 16.0 Å². The van der Waals surface area contributed by atoms with Crippen LogP contribution in [0.3, 0.4) is 0 Å². The number of nitrogen functional groups attached to an aromatic ring is 1. The van der Waals surface area contributed by atoms with E-state index in [0.29, 0.717) is 11.4 Å². The number of hydrogen-bond acceptors (Lipinski definition) is 7. The van der Waals surface area contributed by atoms with Gasteiger partial charge in [-0.15, -0.1) is 0 Å². The van der Waals surface area contributed by atoms with Crippen molar-refractivity contribution in [2.45, 2.75) is 66.0 Å². The maximum absolute atomic E-state index is 12.8. The molecule has 3 N–H and O–H groups in total. The van der Waals surface area contributed by atoms with Gasteiger partial charge in [-0.25, -0.2) is 9.97 Å². The highest BCUT2D eigenvalue weighted by Crippen LogP contribution is 2.60. The minimum Gasteiger partial charge on any atom is -0.399 e. The molecular formula is C33H43N5O3. The summed E-state index contributed by atoms with van der Waals surface area (Å²) in [5.41, 5.74) is 9.56. The van der Waals surface area contributed by atoms with Crippen LogP contribution in [-0.2, 0) is 16.1 Å². The zero-order chi connectivity index (χ0) is 29.8. The van der Waals surface area contributed by atoms with E-state index in [1.165, 1.54) is 6.42 Å². The average Bonchev–Trinajstić information content (AvgIpc) is 3.41. The van der Waals surface area contributed by atoms with Crippen LogP contribution in [-0.4, -0.2) is 47.5 Å². The minimum atomic E-state index is -0.442. The second-order valence-electron chi connectivity index (χ2n) is 12.2. The van der Waals surface area contributed by atoms with Gasteiger partial charge in [0, 0.05) is 37.6 Å². The number of carbonyl (C=O) groups is 2. The molecule has 8 heteroatoms. The standard InChI is InChI=1S/C27H29N5O2.C6H14O/c1-17(33)27-14-26(3,15-27)16-32(27)24-12-23(30-18(2)31-24)13-29-25(34)21-6-4-19(5-7-21)20-8-10-22(28)11-9-20;1-6(2)4-5-7-3/h4-12H,13-16,28H2,1-3H3,(H,29,34);6H,4-5H2,1-3H3. The number of ether oxygens (including phenoxy) is 1. The molecule has 2 saturated heterocycles. The highest BCUT2D eigenvalue weighted by atomic mass is 16.5. The van der Waals surface area contributed by atoms with Crippen molar-refractivity contribution in [1.29, 1.82) is 0 Å². The molecule has 2 aliphatic heterocycles. The van der Waals surface area contributed by atoms with Gasteiger partial charge in [0.25, 0.3) is 5.91 Å². The monoisotopic (exact) mass is 557 g/mol. The van der Waals surface area contributed by atoms with Gasteiger partial charge in [0.15, 0.2) is 5.78 Å². The number of anilines is 2. The third-order valence-electron chi connectivity index (χ3n) is 8.02. The van der Waals surface area contributed by atoms with E-state index in [-0.39, 0.29) is 23.7 Å². The van der Waals surface area contributed by atoms with E-state index >= 15 is 0 Å². The molecule has 1 aliphatic carbocycles. The smallest absolute Gasteiger partial charge is 0.251 e. The second-order valence-corrected chi connectivity index (χ2v) is 12.2. The van der Waals surface area contributed by atoms with Crippen molar-refractivity contribution in [3.63, 3.8) is 0 Å². The van der Waals surface area contributed by atoms with Crippen LogP contribution in [0.1, 0.15) is 68.8 Å². The number of nitrogens with two attached hydrogens (primary N) is 1. The number of aromatic nitrogens is 2. The van der Waals surface area contributed by atoms with Crippen molar-refractivity contribution >= 4 is 23.2 Å². The summed E-state index contributed by atoms with van der Waals surface area (Å²) in [6.07, 6.45) is 2.92. The molecule has 0 spiro atoms. The normalized spacial score (nSPS) is 20.7. The first kappa shape index (κ1) is 30.2. The zero-order valence-corrected chi connectivity index (χ0v) is 25.2. The molecule has 6 rings (SSSR count). The number of amides is 1. The van der Waals surface area contributed by atoms with E-state index in [1.807, 2.05) is 61.5 Å². The third kappa shape index (κ3) is 6.93. The molecule has 3 aliphatic rings. The lowest BCUT2D eigenvalue weighted by atomic mass is 9.61. The van der Waals surface area contributed by atoms with Gasteiger partial charge in [0.1, 0.15) is 17.2 Å². The number of carbonyl (C=O) groups excluding carboxylic acids is 2. The second kappa shape index (κ2) is 12.4. The van der Waals surface area contributed by atoms with Crippen molar-refractivity contribution in [1.82, 2.24) is 15.3 Å². The molecule has 1 amide bonds. The maximum atomic E-state index is 12.8. The number of aryl methyl sites for hydroxylation is 1. The van der Waals surface area contributed by atoms with E-state index < -0.39 is 5.54 Å². The summed E-state index contributed by atoms with van der Waals surface area (Å²) in [5, 5.41) is 2.96. The number of nitrogens with one attached hydrogen (secondary N) is 1. The SMILES string of the molecule is CC(=O)C12CC(C)(CN1c1cc(CNC(=O)c3ccc(-c4ccc(N)cc4)cc3)nc(C)n1)C2.COCCC(C)C. The Bertz CT molecular complexity index is 1360. The first-order valence-electron chi connectivity index (χ1n) is 14.3. The number of methoxy groups -OCH3 is 1. The number of fused-ring (bicyclic) bond motifs is 1. The molecule has 1 saturated carbocycles. The molecule has 41 heavy (non-hydrogen) atoms. The summed E-state index contributed by atoms with van der Waals surface area (Å²) in [6, 6.07) is 17.0. The molecule has 2 bridgehead atoms. The van der Waals surface area contributed by atoms with Crippen molar-refractivity contribution in [2.24, 2.45) is 11.3 Å². The molecule has 3 fully saturated rings. The van der Waals surface area contributed by atoms with Gasteiger partial charge in [0.05, 0.1) is 12.2 Å². The van der Waals surface area contributed by atoms with E-state index in [0.717, 1.165) is 60.2 Å². The lowest BCUT2D eigenvalue weighted by Gasteiger charge is -2.44. The van der Waals surface area contributed by atoms with Gasteiger partial charge in [-0.2, -0.15) is 0 Å². The molecule has 3 heterocycles. The van der Waals surface area contributed by atoms with Crippen molar-refractivity contribution in [2.75, 3.05) is 30.9 Å². The summed E-state index contributed by atoms with van der Waals surface area (Å²) in [6.45, 7) is 12.1. The lowest BCUT2D eigenvalue weighted by Crippen LogP contribution is -2.54. The number of ketones is 1. The number of Topliss-reactive ketones (excluding diaryl/α,β-unsaturated/α-hetero) is 1. The first-order valence-corrected chi connectivity index (χ1v) is 14.3. The Balaban J connectivity index is 0.000000493. The van der Waals surface area contributed by atoms with Crippen LogP contribution in [0.2, 0.25) is 0 Å². The number of rotatable bonds is 9. The fraction of sp³-hybridized carbons (Fsp3) is 0.455. The van der Waals surface area contributed by atoms with Gasteiger partial charge >= 0.3 is 0 Å². The predicted molar refractivity (Wildman–Crippen MR) is 164 cm³/mol. The van der Waals surface area contributed by atoms with Crippen LogP contribution >= 0.6 is 0 Å². The summed E-state index contributed by atoms with van der Waals surface area (Å²) in [4.78, 5) is 36.5. The van der Waals surface area contributed by atoms with Crippen LogP contribution in [0.4, 0.5) is 11.5 Å². The first-order chi connectivity index (χ1) is 19.4. The largest absolute Gasteiger partial charge is 0.399 e. The maximum Gasteiger partial charge on any atom is 0.251 e. The van der Waals surface area contributed by atoms with Crippen LogP contribution in [0.5, 0.6) is 0 Å². The van der Waals surface area contributed by atoms with Crippen molar-refractivity contribution < 1.29 is 14.3 Å². The minimum absolute atomic E-state index is 0.164. The molecule has 0 unspecified atom stereocenters. The lowest BCUT2D eigenvalue weighted by molar-refractivity contribution is -0.125. The average molecular weight is 558 g/mol. The highest BCUT2D eigenvalue weighted by molar-refractivity contribution is 5.95. The highest BCUT2D eigenvalue weighted by Gasteiger charge is 2.65. The summed E-state index contributed by atoms with van der Waals surface area (Å²) >= 11 is 0. The predicted octanol–water partition coefficient (Wildman–Crippen LogP) is 5.59. The number of hydrogen-bond donors (Lipinski definition) is 2. The Hall–Kier alpha value is -3.78. The van der Waals surface area contributed by atoms with Gasteiger partial charge in [-0.1, -0.05) is 45.0 Å². The topological polar surface area (TPSA) is 110 Å². The van der Waals surface area contributed by atoms with Crippen LogP contribution in [0.15, 0.2) is 54.6 Å². The molecule has 8 nitrogen and oxygen atoms in total. The van der Waals surface area contributed by atoms with E-state index in [2.05, 4.69) is 41.0 Å². The Morgan fingerprint density at radius 1 is 1.05 bits per heavy atom. The molecule has 2 aromatic carbocycles. The molecule has 0 atom stereocenters. The number of nitrogens with zero attached hydrogens (tertiary/aromatic N) is 3. The Kier molecular flexibility index (Phi) is 9.12. The van der Waals surface area contributed by atoms with Crippen molar-refractivity contribution in [3.05, 3.63) is 71.7 Å². The van der Waals surface area contributed by atoms with Crippen LogP contribution in [0, 0.1) is 18.3 Å². The number of benzene rings is 2. The summed E-state index contributed by atoms with van der Waals surface area (Å²) in [7, 11) is 1.74. The van der Waals surface area contributed by atoms with Gasteiger partial charge < -0.3 is 20.7 Å². The van der Waals surface area contributed by atoms with Crippen LogP contribution in [0.25, 0.3) is 11.1 Å². The van der Waals surface area contributed by atoms with Gasteiger partial charge in [-0.3, -0.25) is 9.59 Å². The molecule has 0 radical (unpaired) electrons. The van der Waals surface area contributed by atoms with Gasteiger partial charge in [-0.05, 0) is 79.8 Å². The molecule has 3 aromatic rings. The third-order valence-corrected chi connectivity index (χ3v) is 8.02. The molecule has 1 aromatic heterocycles. The Morgan fingerprint density at radius 2 is 1.66 bits per heavy atom. The van der Waals surface area contributed by atoms with E-state index in [9.17, 15) is 9.59 Å². The Morgan fingerprint density at radius 3 is 2.20 bits per heavy atom. The summed E-state index contributed by atoms with van der Waals surface area (Å²) in [5.74, 6) is 2.19. The van der Waals surface area contributed by atoms with E-state index in [1.54, 1.807) is 14.0 Å². The molecule has 218 valence electrons.